The fourth-order valence-corrected chi connectivity index (χ4v) is 1.99. The van der Waals surface area contributed by atoms with E-state index in [1.54, 1.807) is 0 Å². The van der Waals surface area contributed by atoms with Crippen molar-refractivity contribution in [3.05, 3.63) is 0 Å². The van der Waals surface area contributed by atoms with E-state index in [4.69, 9.17) is 14.6 Å². The molecule has 8 heteroatoms. The molecule has 4 N–H and O–H groups in total. The molecule has 1 fully saturated rings. The van der Waals surface area contributed by atoms with E-state index in [0.717, 1.165) is 0 Å². The summed E-state index contributed by atoms with van der Waals surface area (Å²) in [6.45, 7) is 0.891. The first-order valence-electron chi connectivity index (χ1n) is 6.34. The summed E-state index contributed by atoms with van der Waals surface area (Å²) >= 11 is 0. The van der Waals surface area contributed by atoms with Crippen molar-refractivity contribution in [3.63, 3.8) is 0 Å². The third-order valence-corrected chi connectivity index (χ3v) is 3.14. The van der Waals surface area contributed by atoms with Gasteiger partial charge < -0.3 is 34.9 Å². The standard InChI is InChI=1S/C12H21NO7/c1-6(15)3-4-8(16)13-9-11(18)10(17)7(5-14)20-12(9)19-2/h7,9-12,14,17-18H,3-5H2,1-2H3,(H,13,16)/t7?,9-,10+,11?,12-/m0/s1. The van der Waals surface area contributed by atoms with Gasteiger partial charge in [-0.1, -0.05) is 0 Å². The molecule has 0 aliphatic carbocycles. The Balaban J connectivity index is 2.65. The number of amides is 1. The highest BCUT2D eigenvalue weighted by Crippen LogP contribution is 2.21. The van der Waals surface area contributed by atoms with Gasteiger partial charge in [0.2, 0.25) is 5.91 Å². The highest BCUT2D eigenvalue weighted by molar-refractivity contribution is 5.83. The summed E-state index contributed by atoms with van der Waals surface area (Å²) in [5.74, 6) is -0.575. The normalized spacial score (nSPS) is 33.8. The van der Waals surface area contributed by atoms with Gasteiger partial charge in [0.05, 0.1) is 6.61 Å². The summed E-state index contributed by atoms with van der Waals surface area (Å²) in [5, 5.41) is 31.2. The van der Waals surface area contributed by atoms with Crippen LogP contribution in [0.1, 0.15) is 19.8 Å². The average molecular weight is 291 g/mol. The van der Waals surface area contributed by atoms with Crippen molar-refractivity contribution in [3.8, 4) is 0 Å². The van der Waals surface area contributed by atoms with Crippen molar-refractivity contribution in [1.29, 1.82) is 0 Å². The SMILES string of the molecule is CO[C@H]1OC(CO)[C@@H](O)C(O)[C@@H]1NC(=O)CCC(C)=O. The Labute approximate surface area is 116 Å². The molecule has 5 atom stereocenters. The van der Waals surface area contributed by atoms with Gasteiger partial charge >= 0.3 is 0 Å². The molecule has 1 aliphatic heterocycles. The van der Waals surface area contributed by atoms with Crippen LogP contribution in [0.4, 0.5) is 0 Å². The maximum Gasteiger partial charge on any atom is 0.220 e. The summed E-state index contributed by atoms with van der Waals surface area (Å²) in [7, 11) is 1.32. The van der Waals surface area contributed by atoms with Crippen LogP contribution >= 0.6 is 0 Å². The van der Waals surface area contributed by atoms with Crippen LogP contribution in [0.15, 0.2) is 0 Å². The molecule has 1 aliphatic rings. The number of aliphatic hydroxyl groups excluding tert-OH is 3. The van der Waals surface area contributed by atoms with Gasteiger partial charge in [0.15, 0.2) is 6.29 Å². The van der Waals surface area contributed by atoms with Gasteiger partial charge in [-0.15, -0.1) is 0 Å². The van der Waals surface area contributed by atoms with Crippen molar-refractivity contribution in [1.82, 2.24) is 5.32 Å². The monoisotopic (exact) mass is 291 g/mol. The molecule has 116 valence electrons. The van der Waals surface area contributed by atoms with Gasteiger partial charge in [-0.25, -0.2) is 0 Å². The van der Waals surface area contributed by atoms with Crippen LogP contribution in [0.3, 0.4) is 0 Å². The molecular formula is C12H21NO7. The fraction of sp³-hybridized carbons (Fsp3) is 0.833. The first-order valence-corrected chi connectivity index (χ1v) is 6.34. The summed E-state index contributed by atoms with van der Waals surface area (Å²) in [6, 6.07) is -0.975. The van der Waals surface area contributed by atoms with Crippen molar-refractivity contribution >= 4 is 11.7 Å². The summed E-state index contributed by atoms with van der Waals surface area (Å²) < 4.78 is 10.2. The average Bonchev–Trinajstić information content (AvgIpc) is 2.42. The van der Waals surface area contributed by atoms with E-state index >= 15 is 0 Å². The summed E-state index contributed by atoms with van der Waals surface area (Å²) in [6.07, 6.45) is -4.59. The molecule has 1 rings (SSSR count). The lowest BCUT2D eigenvalue weighted by molar-refractivity contribution is -0.262. The molecule has 1 amide bonds. The van der Waals surface area contributed by atoms with Gasteiger partial charge in [-0.05, 0) is 6.92 Å². The third kappa shape index (κ3) is 4.22. The number of Topliss-reactive ketones (excluding diaryl/α,β-unsaturated/α-hetero) is 1. The minimum Gasteiger partial charge on any atom is -0.394 e. The Morgan fingerprint density at radius 2 is 1.90 bits per heavy atom. The minimum absolute atomic E-state index is 0.0193. The van der Waals surface area contributed by atoms with E-state index in [2.05, 4.69) is 5.32 Å². The maximum absolute atomic E-state index is 11.7. The zero-order valence-corrected chi connectivity index (χ0v) is 11.5. The Morgan fingerprint density at radius 3 is 2.40 bits per heavy atom. The molecule has 0 aromatic carbocycles. The molecule has 8 nitrogen and oxygen atoms in total. The summed E-state index contributed by atoms with van der Waals surface area (Å²) in [4.78, 5) is 22.5. The first-order chi connectivity index (χ1) is 9.40. The van der Waals surface area contributed by atoms with Gasteiger partial charge in [0.25, 0.3) is 0 Å². The van der Waals surface area contributed by atoms with Crippen LogP contribution in [-0.2, 0) is 19.1 Å². The second-order valence-electron chi connectivity index (χ2n) is 4.74. The second-order valence-corrected chi connectivity index (χ2v) is 4.74. The Hall–Kier alpha value is -1.06. The number of aliphatic hydroxyl groups is 3. The van der Waals surface area contributed by atoms with Crippen molar-refractivity contribution in [2.45, 2.75) is 50.4 Å². The molecule has 1 saturated heterocycles. The van der Waals surface area contributed by atoms with Crippen LogP contribution < -0.4 is 5.32 Å². The lowest BCUT2D eigenvalue weighted by atomic mass is 9.97. The molecule has 2 unspecified atom stereocenters. The number of nitrogens with one attached hydrogen (secondary N) is 1. The number of methoxy groups -OCH3 is 1. The number of ether oxygens (including phenoxy) is 2. The molecule has 0 spiro atoms. The largest absolute Gasteiger partial charge is 0.394 e. The van der Waals surface area contributed by atoms with Crippen molar-refractivity contribution in [2.24, 2.45) is 0 Å². The molecular weight excluding hydrogens is 270 g/mol. The number of carbonyl (C=O) groups is 2. The number of hydrogen-bond acceptors (Lipinski definition) is 7. The van der Waals surface area contributed by atoms with E-state index < -0.39 is 43.2 Å². The predicted octanol–water partition coefficient (Wildman–Crippen LogP) is -2.07. The Morgan fingerprint density at radius 1 is 1.25 bits per heavy atom. The van der Waals surface area contributed by atoms with E-state index in [1.165, 1.54) is 14.0 Å². The number of hydrogen-bond donors (Lipinski definition) is 4. The van der Waals surface area contributed by atoms with Crippen LogP contribution in [0.2, 0.25) is 0 Å². The highest BCUT2D eigenvalue weighted by atomic mass is 16.7. The van der Waals surface area contributed by atoms with E-state index in [9.17, 15) is 19.8 Å². The second kappa shape index (κ2) is 7.65. The van der Waals surface area contributed by atoms with E-state index in [1.807, 2.05) is 0 Å². The highest BCUT2D eigenvalue weighted by Gasteiger charge is 2.45. The minimum atomic E-state index is -1.34. The third-order valence-electron chi connectivity index (χ3n) is 3.14. The molecule has 0 aromatic rings. The smallest absolute Gasteiger partial charge is 0.220 e. The number of carbonyl (C=O) groups excluding carboxylic acids is 2. The van der Waals surface area contributed by atoms with E-state index in [0.29, 0.717) is 0 Å². The lowest BCUT2D eigenvalue weighted by Crippen LogP contribution is -2.64. The Bertz CT molecular complexity index is 347. The van der Waals surface area contributed by atoms with Gasteiger partial charge in [-0.3, -0.25) is 4.79 Å². The van der Waals surface area contributed by atoms with Crippen molar-refractivity contribution in [2.75, 3.05) is 13.7 Å². The predicted molar refractivity (Wildman–Crippen MR) is 66.6 cm³/mol. The molecule has 20 heavy (non-hydrogen) atoms. The fourth-order valence-electron chi connectivity index (χ4n) is 1.99. The number of ketones is 1. The van der Waals surface area contributed by atoms with E-state index in [-0.39, 0.29) is 18.6 Å². The topological polar surface area (TPSA) is 125 Å². The quantitative estimate of drug-likeness (QED) is 0.443. The van der Waals surface area contributed by atoms with Gasteiger partial charge in [-0.2, -0.15) is 0 Å². The first kappa shape index (κ1) is 17.0. The van der Waals surface area contributed by atoms with Crippen LogP contribution in [0.25, 0.3) is 0 Å². The molecule has 0 aromatic heterocycles. The van der Waals surface area contributed by atoms with Crippen LogP contribution in [0, 0.1) is 0 Å². The van der Waals surface area contributed by atoms with Crippen molar-refractivity contribution < 1.29 is 34.4 Å². The lowest BCUT2D eigenvalue weighted by Gasteiger charge is -2.41. The molecule has 0 saturated carbocycles. The Kier molecular flexibility index (Phi) is 6.50. The summed E-state index contributed by atoms with van der Waals surface area (Å²) in [5.41, 5.74) is 0. The molecule has 0 bridgehead atoms. The maximum atomic E-state index is 11.7. The van der Waals surface area contributed by atoms with Gasteiger partial charge in [0, 0.05) is 20.0 Å². The van der Waals surface area contributed by atoms with Crippen LogP contribution in [0.5, 0.6) is 0 Å². The molecule has 1 heterocycles. The van der Waals surface area contributed by atoms with Gasteiger partial charge in [0.1, 0.15) is 30.1 Å². The zero-order valence-electron chi connectivity index (χ0n) is 11.5. The zero-order chi connectivity index (χ0) is 15.3. The molecule has 0 radical (unpaired) electrons. The van der Waals surface area contributed by atoms with Crippen LogP contribution in [-0.4, -0.2) is 71.4 Å². The number of rotatable bonds is 6.